The third kappa shape index (κ3) is 4.56. The zero-order valence-corrected chi connectivity index (χ0v) is 26.6. The number of allylic oxidation sites excluding steroid dienone is 1. The van der Waals surface area contributed by atoms with Gasteiger partial charge in [-0.3, -0.25) is 9.78 Å². The van der Waals surface area contributed by atoms with E-state index in [0.717, 1.165) is 57.9 Å². The van der Waals surface area contributed by atoms with E-state index in [-0.39, 0.29) is 41.3 Å². The van der Waals surface area contributed by atoms with Crippen molar-refractivity contribution in [2.45, 2.75) is 71.5 Å². The van der Waals surface area contributed by atoms with Gasteiger partial charge in [-0.05, 0) is 74.1 Å². The molecule has 0 saturated heterocycles. The molecule has 238 valence electrons. The summed E-state index contributed by atoms with van der Waals surface area (Å²) < 4.78 is 10.4. The summed E-state index contributed by atoms with van der Waals surface area (Å²) in [4.78, 5) is 55.3. The van der Waals surface area contributed by atoms with Crippen molar-refractivity contribution in [3.05, 3.63) is 75.4 Å². The van der Waals surface area contributed by atoms with Gasteiger partial charge >= 0.3 is 23.7 Å². The summed E-state index contributed by atoms with van der Waals surface area (Å²) in [6, 6.07) is 5.77. The maximum atomic E-state index is 13.5. The van der Waals surface area contributed by atoms with Crippen molar-refractivity contribution in [1.82, 2.24) is 19.9 Å². The van der Waals surface area contributed by atoms with Gasteiger partial charge in [-0.15, -0.1) is 0 Å². The summed E-state index contributed by atoms with van der Waals surface area (Å²) in [5, 5.41) is 21.5. The van der Waals surface area contributed by atoms with Crippen LogP contribution in [0.25, 0.3) is 39.3 Å². The lowest BCUT2D eigenvalue weighted by Gasteiger charge is -2.32. The molecule has 8 bridgehead atoms. The molecular weight excluding hydrogens is 588 g/mol. The number of cyclic esters (lactones) is 1. The Bertz CT molecular complexity index is 2070. The van der Waals surface area contributed by atoms with Crippen LogP contribution in [0.4, 0.5) is 0 Å². The van der Waals surface area contributed by atoms with Crippen LogP contribution >= 0.6 is 0 Å². The van der Waals surface area contributed by atoms with E-state index in [4.69, 9.17) is 19.4 Å². The first-order valence-corrected chi connectivity index (χ1v) is 15.2. The highest BCUT2D eigenvalue weighted by Gasteiger charge is 2.55. The Morgan fingerprint density at radius 1 is 1.09 bits per heavy atom. The number of fused-ring (bicyclic) bond motifs is 8. The molecule has 11 nitrogen and oxygen atoms in total. The predicted octanol–water partition coefficient (Wildman–Crippen LogP) is 5.69. The van der Waals surface area contributed by atoms with Crippen molar-refractivity contribution >= 4 is 57.2 Å². The minimum Gasteiger partial charge on any atom is -0.481 e. The van der Waals surface area contributed by atoms with E-state index in [1.165, 1.54) is 0 Å². The third-order valence-electron chi connectivity index (χ3n) is 9.55. The molecule has 3 aromatic rings. The molecule has 0 unspecified atom stereocenters. The maximum absolute atomic E-state index is 13.5. The van der Waals surface area contributed by atoms with Crippen LogP contribution < -0.4 is 0 Å². The number of methoxy groups -OCH3 is 1. The number of rotatable bonds is 6. The average molecular weight is 625 g/mol. The van der Waals surface area contributed by atoms with E-state index in [0.29, 0.717) is 17.0 Å². The van der Waals surface area contributed by atoms with E-state index in [1.807, 2.05) is 39.0 Å². The number of esters is 2. The molecule has 3 aromatic heterocycles. The predicted molar refractivity (Wildman–Crippen MR) is 172 cm³/mol. The minimum absolute atomic E-state index is 0.0490. The number of nitrogens with one attached hydrogen (secondary N) is 2. The number of carboxylic acid groups (broad SMARTS) is 1. The molecule has 0 aliphatic carbocycles. The van der Waals surface area contributed by atoms with Gasteiger partial charge in [-0.1, -0.05) is 26.5 Å². The summed E-state index contributed by atoms with van der Waals surface area (Å²) in [7, 11) is 1.08. The number of aryl methyl sites for hydroxylation is 3. The van der Waals surface area contributed by atoms with Crippen LogP contribution in [0.15, 0.2) is 24.8 Å². The third-order valence-corrected chi connectivity index (χ3v) is 9.55. The fourth-order valence-corrected chi connectivity index (χ4v) is 6.95. The van der Waals surface area contributed by atoms with E-state index in [1.54, 1.807) is 13.0 Å². The van der Waals surface area contributed by atoms with Gasteiger partial charge < -0.3 is 29.7 Å². The number of aromatic nitrogens is 4. The van der Waals surface area contributed by atoms with Gasteiger partial charge in [-0.25, -0.2) is 14.6 Å². The van der Waals surface area contributed by atoms with Crippen molar-refractivity contribution in [1.29, 1.82) is 0 Å². The molecule has 0 saturated carbocycles. The smallest absolute Gasteiger partial charge is 0.384 e. The van der Waals surface area contributed by atoms with Crippen LogP contribution in [0, 0.1) is 13.8 Å². The highest BCUT2D eigenvalue weighted by Crippen LogP contribution is 2.49. The van der Waals surface area contributed by atoms with Gasteiger partial charge in [0.1, 0.15) is 0 Å². The first kappa shape index (κ1) is 31.0. The maximum Gasteiger partial charge on any atom is 0.384 e. The normalized spacial score (nSPS) is 20.5. The molecule has 4 N–H and O–H groups in total. The molecule has 6 rings (SSSR count). The quantitative estimate of drug-likeness (QED) is 0.252. The fourth-order valence-electron chi connectivity index (χ4n) is 6.95. The van der Waals surface area contributed by atoms with Gasteiger partial charge in [-0.2, -0.15) is 0 Å². The van der Waals surface area contributed by atoms with Gasteiger partial charge in [0.05, 0.1) is 35.3 Å². The van der Waals surface area contributed by atoms with Crippen LogP contribution in [-0.2, 0) is 36.1 Å². The number of ether oxygens (including phenoxy) is 2. The van der Waals surface area contributed by atoms with Crippen LogP contribution in [0.2, 0.25) is 0 Å². The number of H-pyrrole nitrogens is 2. The first-order valence-electron chi connectivity index (χ1n) is 15.2. The molecule has 0 amide bonds. The number of carboxylic acids is 1. The number of hydrogen-bond acceptors (Lipinski definition) is 8. The Morgan fingerprint density at radius 3 is 2.43 bits per heavy atom. The zero-order valence-electron chi connectivity index (χ0n) is 26.6. The molecular formula is C35H36N4O7. The highest BCUT2D eigenvalue weighted by atomic mass is 16.7. The monoisotopic (exact) mass is 624 g/mol. The molecule has 0 spiro atoms. The number of aliphatic hydroxyl groups is 1. The number of carbonyl (C=O) groups excluding carboxylic acids is 2. The zero-order chi connectivity index (χ0) is 33.2. The Morgan fingerprint density at radius 2 is 1.78 bits per heavy atom. The van der Waals surface area contributed by atoms with Crippen molar-refractivity contribution in [3.63, 3.8) is 0 Å². The molecule has 46 heavy (non-hydrogen) atoms. The standard InChI is InChI=1S/C35H36N4O7/c1-8-19-15(3)22-12-24-17(5)21(10-11-28(40)41)31(38-24)30-32-29(33(42)46-35(30,44)34(43)45-7)18(6)25(39-32)14-27-20(9-2)16(4)23(37-27)13-26(19)36-22/h8,12-14,17,21,36-37,44H,1,9-11H2,2-7H3,(H,40,41)/t17-,21-,35-/m0/s1. The molecule has 0 aromatic carbocycles. The second-order valence-electron chi connectivity index (χ2n) is 12.0. The second kappa shape index (κ2) is 11.1. The summed E-state index contributed by atoms with van der Waals surface area (Å²) in [5.41, 5.74) is 9.04. The van der Waals surface area contributed by atoms with Crippen LogP contribution in [0.3, 0.4) is 0 Å². The second-order valence-corrected chi connectivity index (χ2v) is 12.0. The molecule has 6 heterocycles. The summed E-state index contributed by atoms with van der Waals surface area (Å²) >= 11 is 0. The number of hydrogen-bond donors (Lipinski definition) is 4. The molecule has 0 fully saturated rings. The largest absolute Gasteiger partial charge is 0.481 e. The fraction of sp³-hybridized carbons (Fsp3) is 0.343. The van der Waals surface area contributed by atoms with E-state index >= 15 is 0 Å². The van der Waals surface area contributed by atoms with Gasteiger partial charge in [0.25, 0.3) is 0 Å². The van der Waals surface area contributed by atoms with Crippen molar-refractivity contribution in [2.75, 3.05) is 7.11 Å². The van der Waals surface area contributed by atoms with Gasteiger partial charge in [0, 0.05) is 51.6 Å². The topological polar surface area (TPSA) is 167 Å². The summed E-state index contributed by atoms with van der Waals surface area (Å²) in [6.45, 7) is 13.8. The lowest BCUT2D eigenvalue weighted by Crippen LogP contribution is -2.46. The Balaban J connectivity index is 1.87. The Hall–Kier alpha value is -5.03. The molecule has 0 radical (unpaired) electrons. The summed E-state index contributed by atoms with van der Waals surface area (Å²) in [6.07, 6.45) is 2.46. The first-order chi connectivity index (χ1) is 21.8. The minimum atomic E-state index is -2.87. The van der Waals surface area contributed by atoms with Crippen LogP contribution in [0.5, 0.6) is 0 Å². The van der Waals surface area contributed by atoms with E-state index in [9.17, 15) is 24.6 Å². The Kier molecular flexibility index (Phi) is 7.47. The highest BCUT2D eigenvalue weighted by molar-refractivity contribution is 6.27. The van der Waals surface area contributed by atoms with Gasteiger partial charge in [0.2, 0.25) is 0 Å². The molecule has 11 heteroatoms. The van der Waals surface area contributed by atoms with Crippen molar-refractivity contribution < 1.29 is 34.1 Å². The van der Waals surface area contributed by atoms with Crippen LogP contribution in [0.1, 0.15) is 96.0 Å². The number of nitrogens with zero attached hydrogens (tertiary/aromatic N) is 2. The number of carbonyl (C=O) groups is 3. The van der Waals surface area contributed by atoms with Gasteiger partial charge in [0.15, 0.2) is 0 Å². The SMILES string of the molecule is C=Cc1c(C)c2cc3nc(c4c5nc(cc6[nH]c(cc1[nH]2)c(C)c6CC)C(C)=C5C(=O)O[C@]4(O)C(=O)OC)[C@@H](CCC(=O)O)[C@@H]3C. The van der Waals surface area contributed by atoms with E-state index in [2.05, 4.69) is 23.5 Å². The molecule has 3 aliphatic heterocycles. The number of aliphatic carboxylic acids is 1. The average Bonchev–Trinajstić information content (AvgIpc) is 3.68. The van der Waals surface area contributed by atoms with Crippen LogP contribution in [-0.4, -0.2) is 55.2 Å². The lowest BCUT2D eigenvalue weighted by atomic mass is 9.82. The van der Waals surface area contributed by atoms with Crippen molar-refractivity contribution in [3.8, 4) is 0 Å². The lowest BCUT2D eigenvalue weighted by molar-refractivity contribution is -0.228. The molecule has 3 atom stereocenters. The van der Waals surface area contributed by atoms with E-state index < -0.39 is 29.6 Å². The number of aromatic amines is 2. The summed E-state index contributed by atoms with van der Waals surface area (Å²) in [5.74, 6) is -6.94. The molecule has 3 aliphatic rings. The van der Waals surface area contributed by atoms with Crippen molar-refractivity contribution in [2.24, 2.45) is 0 Å². The Labute approximate surface area is 265 Å².